The van der Waals surface area contributed by atoms with Crippen molar-refractivity contribution in [1.82, 2.24) is 14.9 Å². The van der Waals surface area contributed by atoms with E-state index in [0.29, 0.717) is 32.4 Å². The quantitative estimate of drug-likeness (QED) is 0.701. The van der Waals surface area contributed by atoms with Crippen LogP contribution >= 0.6 is 0 Å². The lowest BCUT2D eigenvalue weighted by atomic mass is 10.1. The lowest BCUT2D eigenvalue weighted by Crippen LogP contribution is -2.45. The molecule has 6 nitrogen and oxygen atoms in total. The van der Waals surface area contributed by atoms with Crippen molar-refractivity contribution in [3.63, 3.8) is 0 Å². The zero-order valence-corrected chi connectivity index (χ0v) is 16.9. The molecule has 1 aliphatic heterocycles. The molecule has 4 rings (SSSR count). The van der Waals surface area contributed by atoms with E-state index in [1.54, 1.807) is 9.80 Å². The summed E-state index contributed by atoms with van der Waals surface area (Å²) in [6.07, 6.45) is 1.53. The Morgan fingerprint density at radius 2 is 2.00 bits per heavy atom. The summed E-state index contributed by atoms with van der Waals surface area (Å²) in [5, 5.41) is 0. The van der Waals surface area contributed by atoms with Crippen LogP contribution in [0.1, 0.15) is 31.2 Å². The molecule has 1 aliphatic rings. The zero-order valence-electron chi connectivity index (χ0n) is 16.9. The van der Waals surface area contributed by atoms with Gasteiger partial charge in [-0.05, 0) is 44.0 Å². The van der Waals surface area contributed by atoms with Crippen molar-refractivity contribution in [1.29, 1.82) is 0 Å². The number of benzene rings is 2. The first-order valence-corrected chi connectivity index (χ1v) is 10.2. The number of likely N-dealkylation sites (N-methyl/N-ethyl adjacent to an activating group) is 1. The fourth-order valence-electron chi connectivity index (χ4n) is 4.10. The number of aromatic nitrogens is 2. The van der Waals surface area contributed by atoms with Gasteiger partial charge in [0.05, 0.1) is 11.0 Å². The van der Waals surface area contributed by atoms with Crippen molar-refractivity contribution < 1.29 is 9.59 Å². The van der Waals surface area contributed by atoms with Crippen LogP contribution in [0, 0.1) is 6.92 Å². The summed E-state index contributed by atoms with van der Waals surface area (Å²) in [4.78, 5) is 37.3. The molecule has 0 aliphatic carbocycles. The van der Waals surface area contributed by atoms with Gasteiger partial charge in [0, 0.05) is 31.6 Å². The number of imidazole rings is 1. The Hall–Kier alpha value is -3.15. The second-order valence-corrected chi connectivity index (χ2v) is 7.46. The Labute approximate surface area is 170 Å². The smallest absolute Gasteiger partial charge is 0.249 e. The highest BCUT2D eigenvalue weighted by Crippen LogP contribution is 2.25. The molecule has 1 aromatic heterocycles. The fourth-order valence-corrected chi connectivity index (χ4v) is 4.10. The molecule has 1 saturated heterocycles. The maximum absolute atomic E-state index is 13.0. The van der Waals surface area contributed by atoms with Crippen LogP contribution in [0.15, 0.2) is 48.5 Å². The van der Waals surface area contributed by atoms with Gasteiger partial charge in [-0.1, -0.05) is 30.3 Å². The van der Waals surface area contributed by atoms with Gasteiger partial charge in [-0.25, -0.2) is 4.98 Å². The van der Waals surface area contributed by atoms with Crippen LogP contribution in [0.3, 0.4) is 0 Å². The number of para-hydroxylation sites is 2. The minimum atomic E-state index is -0.384. The molecule has 2 amide bonds. The summed E-state index contributed by atoms with van der Waals surface area (Å²) < 4.78 is 0. The van der Waals surface area contributed by atoms with Crippen LogP contribution in [-0.4, -0.2) is 45.8 Å². The van der Waals surface area contributed by atoms with Gasteiger partial charge >= 0.3 is 0 Å². The number of aryl methyl sites for hydroxylation is 2. The molecule has 1 unspecified atom stereocenters. The number of hydrogen-bond acceptors (Lipinski definition) is 3. The molecule has 2 aromatic carbocycles. The number of rotatable bonds is 6. The number of nitrogens with one attached hydrogen (secondary N) is 1. The van der Waals surface area contributed by atoms with Gasteiger partial charge in [-0.15, -0.1) is 0 Å². The average molecular weight is 390 g/mol. The van der Waals surface area contributed by atoms with Gasteiger partial charge in [-0.3, -0.25) is 9.59 Å². The lowest BCUT2D eigenvalue weighted by molar-refractivity contribution is -0.138. The van der Waals surface area contributed by atoms with Crippen molar-refractivity contribution in [3.8, 4) is 0 Å². The number of fused-ring (bicyclic) bond motifs is 1. The summed E-state index contributed by atoms with van der Waals surface area (Å²) in [6, 6.07) is 15.3. The van der Waals surface area contributed by atoms with E-state index < -0.39 is 0 Å². The van der Waals surface area contributed by atoms with Crippen LogP contribution in [0.4, 0.5) is 5.69 Å². The van der Waals surface area contributed by atoms with Gasteiger partial charge in [0.1, 0.15) is 11.9 Å². The number of carbonyl (C=O) groups is 2. The molecule has 0 bridgehead atoms. The lowest BCUT2D eigenvalue weighted by Gasteiger charge is -2.27. The highest BCUT2D eigenvalue weighted by molar-refractivity contribution is 6.01. The molecule has 0 spiro atoms. The van der Waals surface area contributed by atoms with E-state index in [1.807, 2.05) is 62.4 Å². The van der Waals surface area contributed by atoms with Crippen LogP contribution in [0.25, 0.3) is 11.0 Å². The summed E-state index contributed by atoms with van der Waals surface area (Å²) in [5.74, 6) is 0.811. The number of aromatic amines is 1. The van der Waals surface area contributed by atoms with Gasteiger partial charge < -0.3 is 14.8 Å². The van der Waals surface area contributed by atoms with E-state index in [9.17, 15) is 9.59 Å². The first-order chi connectivity index (χ1) is 14.1. The average Bonchev–Trinajstić information content (AvgIpc) is 3.32. The number of amides is 2. The standard InChI is InChI=1S/C23H26N4O2/c1-3-26(19-14-15-27(23(19)29)17-9-5-4-6-10-17)21(28)13-12-20-24-18-11-7-8-16(2)22(18)25-20/h4-11,19H,3,12-15H2,1-2H3,(H,24,25). The molecular formula is C23H26N4O2. The largest absolute Gasteiger partial charge is 0.342 e. The Morgan fingerprint density at radius 3 is 2.72 bits per heavy atom. The van der Waals surface area contributed by atoms with E-state index in [-0.39, 0.29) is 17.9 Å². The van der Waals surface area contributed by atoms with E-state index in [4.69, 9.17) is 0 Å². The summed E-state index contributed by atoms with van der Waals surface area (Å²) >= 11 is 0. The Kier molecular flexibility index (Phi) is 5.34. The molecule has 1 atom stereocenters. The Morgan fingerprint density at radius 1 is 1.21 bits per heavy atom. The predicted octanol–water partition coefficient (Wildman–Crippen LogP) is 3.46. The first kappa shape index (κ1) is 19.2. The van der Waals surface area contributed by atoms with Crippen LogP contribution in [0.5, 0.6) is 0 Å². The normalized spacial score (nSPS) is 16.6. The number of hydrogen-bond donors (Lipinski definition) is 1. The zero-order chi connectivity index (χ0) is 20.4. The van der Waals surface area contributed by atoms with Crippen molar-refractivity contribution in [3.05, 3.63) is 59.9 Å². The van der Waals surface area contributed by atoms with E-state index in [0.717, 1.165) is 28.1 Å². The minimum Gasteiger partial charge on any atom is -0.342 e. The monoisotopic (exact) mass is 390 g/mol. The summed E-state index contributed by atoms with van der Waals surface area (Å²) in [6.45, 7) is 5.12. The molecule has 2 heterocycles. The molecule has 0 saturated carbocycles. The molecule has 150 valence electrons. The number of H-pyrrole nitrogens is 1. The number of carbonyl (C=O) groups excluding carboxylic acids is 2. The Bertz CT molecular complexity index is 1030. The van der Waals surface area contributed by atoms with Crippen molar-refractivity contribution in [2.24, 2.45) is 0 Å². The molecule has 1 fully saturated rings. The topological polar surface area (TPSA) is 69.3 Å². The molecule has 1 N–H and O–H groups in total. The van der Waals surface area contributed by atoms with Gasteiger partial charge in [0.25, 0.3) is 0 Å². The van der Waals surface area contributed by atoms with E-state index in [2.05, 4.69) is 9.97 Å². The van der Waals surface area contributed by atoms with E-state index in [1.165, 1.54) is 0 Å². The molecule has 3 aromatic rings. The van der Waals surface area contributed by atoms with Crippen LogP contribution < -0.4 is 4.90 Å². The third kappa shape index (κ3) is 3.75. The maximum atomic E-state index is 13.0. The highest BCUT2D eigenvalue weighted by atomic mass is 16.2. The summed E-state index contributed by atoms with van der Waals surface area (Å²) in [7, 11) is 0. The molecule has 0 radical (unpaired) electrons. The number of anilines is 1. The molecule has 6 heteroatoms. The predicted molar refractivity (Wildman–Crippen MR) is 114 cm³/mol. The third-order valence-corrected chi connectivity index (χ3v) is 5.62. The minimum absolute atomic E-state index is 0.00191. The van der Waals surface area contributed by atoms with E-state index >= 15 is 0 Å². The Balaban J connectivity index is 1.43. The van der Waals surface area contributed by atoms with Crippen molar-refractivity contribution in [2.75, 3.05) is 18.0 Å². The van der Waals surface area contributed by atoms with Gasteiger partial charge in [0.2, 0.25) is 11.8 Å². The first-order valence-electron chi connectivity index (χ1n) is 10.2. The highest BCUT2D eigenvalue weighted by Gasteiger charge is 2.37. The maximum Gasteiger partial charge on any atom is 0.249 e. The van der Waals surface area contributed by atoms with Gasteiger partial charge in [-0.2, -0.15) is 0 Å². The van der Waals surface area contributed by atoms with Crippen LogP contribution in [-0.2, 0) is 16.0 Å². The second-order valence-electron chi connectivity index (χ2n) is 7.46. The second kappa shape index (κ2) is 8.07. The summed E-state index contributed by atoms with van der Waals surface area (Å²) in [5.41, 5.74) is 3.95. The molecular weight excluding hydrogens is 364 g/mol. The fraction of sp³-hybridized carbons (Fsp3) is 0.348. The van der Waals surface area contributed by atoms with Gasteiger partial charge in [0.15, 0.2) is 0 Å². The molecule has 29 heavy (non-hydrogen) atoms. The van der Waals surface area contributed by atoms with Crippen molar-refractivity contribution in [2.45, 2.75) is 39.2 Å². The van der Waals surface area contributed by atoms with Crippen LogP contribution in [0.2, 0.25) is 0 Å². The third-order valence-electron chi connectivity index (χ3n) is 5.62. The SMILES string of the molecule is CCN(C(=O)CCc1nc2c(C)cccc2[nH]1)C1CCN(c2ccccc2)C1=O. The number of nitrogens with zero attached hydrogens (tertiary/aromatic N) is 3. The van der Waals surface area contributed by atoms with Crippen molar-refractivity contribution >= 4 is 28.5 Å².